The van der Waals surface area contributed by atoms with Gasteiger partial charge in [-0.25, -0.2) is 9.36 Å². The summed E-state index contributed by atoms with van der Waals surface area (Å²) in [6.07, 6.45) is 0.873. The second-order valence-electron chi connectivity index (χ2n) is 6.28. The summed E-state index contributed by atoms with van der Waals surface area (Å²) >= 11 is 0. The first-order valence-corrected chi connectivity index (χ1v) is 8.70. The largest absolute Gasteiger partial charge is 0.469 e. The third kappa shape index (κ3) is 3.85. The van der Waals surface area contributed by atoms with Crippen LogP contribution in [0.4, 0.5) is 0 Å². The van der Waals surface area contributed by atoms with E-state index in [1.807, 2.05) is 12.1 Å². The molecule has 0 radical (unpaired) electrons. The number of benzene rings is 2. The van der Waals surface area contributed by atoms with Crippen LogP contribution in [-0.2, 0) is 16.0 Å². The molecule has 0 aliphatic heterocycles. The lowest BCUT2D eigenvalue weighted by Crippen LogP contribution is -2.23. The first-order valence-electron chi connectivity index (χ1n) is 8.70. The molecule has 0 aliphatic carbocycles. The highest BCUT2D eigenvalue weighted by atomic mass is 16.5. The lowest BCUT2D eigenvalue weighted by Gasteiger charge is -2.05. The maximum atomic E-state index is 12.9. The zero-order chi connectivity index (χ0) is 20.3. The van der Waals surface area contributed by atoms with Crippen LogP contribution in [0.25, 0.3) is 11.4 Å². The normalized spacial score (nSPS) is 10.6. The Hall–Kier alpha value is -3.68. The first kappa shape index (κ1) is 19.1. The number of amidine groups is 1. The Morgan fingerprint density at radius 2 is 1.71 bits per heavy atom. The average Bonchev–Trinajstić information content (AvgIpc) is 3.00. The van der Waals surface area contributed by atoms with E-state index in [0.717, 1.165) is 5.56 Å². The zero-order valence-electron chi connectivity index (χ0n) is 15.7. The molecule has 8 nitrogen and oxygen atoms in total. The van der Waals surface area contributed by atoms with E-state index in [1.54, 1.807) is 43.3 Å². The fourth-order valence-corrected chi connectivity index (χ4v) is 2.87. The minimum absolute atomic E-state index is 0.0291. The molecular weight excluding hydrogens is 358 g/mol. The Morgan fingerprint density at radius 3 is 2.29 bits per heavy atom. The summed E-state index contributed by atoms with van der Waals surface area (Å²) in [6, 6.07) is 14.2. The van der Waals surface area contributed by atoms with Crippen molar-refractivity contribution in [2.45, 2.75) is 19.8 Å². The molecule has 0 atom stereocenters. The SMILES string of the molecule is COC(=O)CCc1ccc(-n2nc(C)n(-c3ccc(C(=N)N)cc3)c2=O)cc1. The van der Waals surface area contributed by atoms with Crippen molar-refractivity contribution in [1.82, 2.24) is 14.3 Å². The number of methoxy groups -OCH3 is 1. The van der Waals surface area contributed by atoms with Crippen molar-refractivity contribution in [3.8, 4) is 11.4 Å². The maximum absolute atomic E-state index is 12.9. The summed E-state index contributed by atoms with van der Waals surface area (Å²) in [5, 5.41) is 11.8. The molecule has 0 aliphatic rings. The highest BCUT2D eigenvalue weighted by Gasteiger charge is 2.13. The van der Waals surface area contributed by atoms with E-state index in [1.165, 1.54) is 16.4 Å². The van der Waals surface area contributed by atoms with Crippen LogP contribution in [0.5, 0.6) is 0 Å². The fourth-order valence-electron chi connectivity index (χ4n) is 2.87. The summed E-state index contributed by atoms with van der Waals surface area (Å²) in [4.78, 5) is 24.1. The van der Waals surface area contributed by atoms with Crippen LogP contribution in [0.3, 0.4) is 0 Å². The molecule has 28 heavy (non-hydrogen) atoms. The van der Waals surface area contributed by atoms with Gasteiger partial charge in [-0.05, 0) is 55.3 Å². The van der Waals surface area contributed by atoms with Gasteiger partial charge in [0.05, 0.1) is 18.5 Å². The topological polar surface area (TPSA) is 116 Å². The van der Waals surface area contributed by atoms with Crippen molar-refractivity contribution in [2.24, 2.45) is 5.73 Å². The summed E-state index contributed by atoms with van der Waals surface area (Å²) in [5.41, 5.74) is 8.02. The summed E-state index contributed by atoms with van der Waals surface area (Å²) in [6.45, 7) is 1.75. The van der Waals surface area contributed by atoms with Crippen molar-refractivity contribution in [3.05, 3.63) is 76.0 Å². The number of aromatic nitrogens is 3. The molecule has 144 valence electrons. The number of hydrogen-bond donors (Lipinski definition) is 2. The number of nitrogens with zero attached hydrogens (tertiary/aromatic N) is 3. The summed E-state index contributed by atoms with van der Waals surface area (Å²) in [5.74, 6) is 0.249. The number of esters is 1. The average molecular weight is 379 g/mol. The Balaban J connectivity index is 1.88. The number of rotatable bonds is 6. The third-order valence-corrected chi connectivity index (χ3v) is 4.40. The van der Waals surface area contributed by atoms with Gasteiger partial charge >= 0.3 is 11.7 Å². The predicted octanol–water partition coefficient (Wildman–Crippen LogP) is 1.72. The Labute approximate surface area is 161 Å². The van der Waals surface area contributed by atoms with Crippen LogP contribution in [0.2, 0.25) is 0 Å². The number of ether oxygens (including phenoxy) is 1. The molecule has 3 aromatic rings. The van der Waals surface area contributed by atoms with Gasteiger partial charge in [-0.2, -0.15) is 4.68 Å². The van der Waals surface area contributed by atoms with Crippen molar-refractivity contribution in [2.75, 3.05) is 7.11 Å². The number of carbonyl (C=O) groups excluding carboxylic acids is 1. The first-order chi connectivity index (χ1) is 13.4. The highest BCUT2D eigenvalue weighted by Crippen LogP contribution is 2.13. The van der Waals surface area contributed by atoms with Crippen LogP contribution in [0, 0.1) is 12.3 Å². The van der Waals surface area contributed by atoms with Crippen LogP contribution < -0.4 is 11.4 Å². The molecule has 0 bridgehead atoms. The molecule has 0 saturated carbocycles. The molecule has 3 N–H and O–H groups in total. The number of carbonyl (C=O) groups is 1. The van der Waals surface area contributed by atoms with Gasteiger partial charge in [0.15, 0.2) is 0 Å². The molecule has 0 saturated heterocycles. The van der Waals surface area contributed by atoms with Crippen LogP contribution >= 0.6 is 0 Å². The third-order valence-electron chi connectivity index (χ3n) is 4.40. The monoisotopic (exact) mass is 379 g/mol. The number of nitrogens with one attached hydrogen (secondary N) is 1. The predicted molar refractivity (Wildman–Crippen MR) is 105 cm³/mol. The molecule has 1 aromatic heterocycles. The maximum Gasteiger partial charge on any atom is 0.355 e. The zero-order valence-corrected chi connectivity index (χ0v) is 15.7. The molecule has 0 spiro atoms. The van der Waals surface area contributed by atoms with Crippen molar-refractivity contribution in [3.63, 3.8) is 0 Å². The van der Waals surface area contributed by atoms with E-state index < -0.39 is 0 Å². The Morgan fingerprint density at radius 1 is 1.11 bits per heavy atom. The Bertz CT molecular complexity index is 1060. The number of hydrogen-bond acceptors (Lipinski definition) is 5. The van der Waals surface area contributed by atoms with Gasteiger partial charge in [0.1, 0.15) is 11.7 Å². The summed E-state index contributed by atoms with van der Waals surface area (Å²) in [7, 11) is 1.37. The van der Waals surface area contributed by atoms with Gasteiger partial charge in [-0.1, -0.05) is 12.1 Å². The van der Waals surface area contributed by atoms with Gasteiger partial charge in [-0.3, -0.25) is 10.2 Å². The smallest absolute Gasteiger partial charge is 0.355 e. The van der Waals surface area contributed by atoms with Crippen LogP contribution in [-0.4, -0.2) is 33.3 Å². The lowest BCUT2D eigenvalue weighted by atomic mass is 10.1. The second kappa shape index (κ2) is 7.91. The van der Waals surface area contributed by atoms with Gasteiger partial charge in [0.2, 0.25) is 0 Å². The van der Waals surface area contributed by atoms with Gasteiger partial charge in [0.25, 0.3) is 0 Å². The van der Waals surface area contributed by atoms with E-state index in [9.17, 15) is 9.59 Å². The number of aryl methyl sites for hydroxylation is 2. The van der Waals surface area contributed by atoms with Gasteiger partial charge in [-0.15, -0.1) is 5.10 Å². The van der Waals surface area contributed by atoms with E-state index in [-0.39, 0.29) is 17.5 Å². The molecular formula is C20H21N5O3. The molecule has 3 rings (SSSR count). The standard InChI is InChI=1S/C20H21N5O3/c1-13-23-25(17-8-3-14(4-9-17)5-12-18(26)28-2)20(27)24(13)16-10-6-15(7-11-16)19(21)22/h3-4,6-11H,5,12H2,1-2H3,(H3,21,22). The quantitative estimate of drug-likeness (QED) is 0.384. The van der Waals surface area contributed by atoms with Crippen molar-refractivity contribution < 1.29 is 9.53 Å². The van der Waals surface area contributed by atoms with Crippen LogP contribution in [0.15, 0.2) is 53.3 Å². The molecule has 8 heteroatoms. The van der Waals surface area contributed by atoms with E-state index >= 15 is 0 Å². The van der Waals surface area contributed by atoms with E-state index in [2.05, 4.69) is 9.84 Å². The minimum atomic E-state index is -0.296. The molecule has 1 heterocycles. The van der Waals surface area contributed by atoms with E-state index in [0.29, 0.717) is 35.6 Å². The molecule has 0 amide bonds. The van der Waals surface area contributed by atoms with Gasteiger partial charge < -0.3 is 10.5 Å². The molecule has 0 fully saturated rings. The molecule has 2 aromatic carbocycles. The Kier molecular flexibility index (Phi) is 5.39. The second-order valence-corrected chi connectivity index (χ2v) is 6.28. The fraction of sp³-hybridized carbons (Fsp3) is 0.200. The van der Waals surface area contributed by atoms with Crippen molar-refractivity contribution >= 4 is 11.8 Å². The highest BCUT2D eigenvalue weighted by molar-refractivity contribution is 5.95. The van der Waals surface area contributed by atoms with E-state index in [4.69, 9.17) is 11.1 Å². The number of nitrogens with two attached hydrogens (primary N) is 1. The summed E-state index contributed by atoms with van der Waals surface area (Å²) < 4.78 is 7.47. The van der Waals surface area contributed by atoms with Gasteiger partial charge in [0, 0.05) is 12.0 Å². The lowest BCUT2D eigenvalue weighted by molar-refractivity contribution is -0.140. The molecule has 0 unspecified atom stereocenters. The van der Waals surface area contributed by atoms with Crippen LogP contribution in [0.1, 0.15) is 23.4 Å². The number of nitrogen functional groups attached to an aromatic ring is 1. The minimum Gasteiger partial charge on any atom is -0.469 e. The van der Waals surface area contributed by atoms with Crippen molar-refractivity contribution in [1.29, 1.82) is 5.41 Å².